The molecule has 0 unspecified atom stereocenters. The quantitative estimate of drug-likeness (QED) is 0.636. The number of hydrogen-bond donors (Lipinski definition) is 1. The van der Waals surface area contributed by atoms with Gasteiger partial charge >= 0.3 is 12.2 Å². The highest BCUT2D eigenvalue weighted by Gasteiger charge is 2.35. The number of carbonyl (C=O) groups excluding carboxylic acids is 2. The van der Waals surface area contributed by atoms with E-state index in [4.69, 9.17) is 20.8 Å². The SMILES string of the molecule is CN(C(=O)Oc1nnco1)[C@H]1CCc2c(C(=O)Nc3ccc(F)c(Cl)c3)ccc(F)c21. The normalized spacial score (nSPS) is 14.8. The van der Waals surface area contributed by atoms with Gasteiger partial charge in [0.1, 0.15) is 11.6 Å². The number of benzene rings is 2. The Morgan fingerprint density at radius 2 is 2.03 bits per heavy atom. The van der Waals surface area contributed by atoms with E-state index >= 15 is 0 Å². The third-order valence-corrected chi connectivity index (χ3v) is 5.29. The number of aromatic nitrogens is 2. The monoisotopic (exact) mass is 448 g/mol. The topological polar surface area (TPSA) is 97.6 Å². The third kappa shape index (κ3) is 4.06. The molecule has 2 amide bonds. The molecule has 1 heterocycles. The van der Waals surface area contributed by atoms with Crippen LogP contribution in [0.4, 0.5) is 19.3 Å². The average molecular weight is 449 g/mol. The van der Waals surface area contributed by atoms with Crippen molar-refractivity contribution in [3.63, 3.8) is 0 Å². The standard InChI is InChI=1S/C20H15ClF2N4O4/c1-27(20(29)31-19-26-24-9-30-19)16-7-4-11-12(3-6-15(23)17(11)16)18(28)25-10-2-5-14(22)13(21)8-10/h2-3,5-6,8-9,16H,4,7H2,1H3,(H,25,28)/t16-/m0/s1. The van der Waals surface area contributed by atoms with Crippen molar-refractivity contribution < 1.29 is 27.5 Å². The summed E-state index contributed by atoms with van der Waals surface area (Å²) in [5, 5.41) is 9.37. The molecule has 0 bridgehead atoms. The Balaban J connectivity index is 1.58. The molecule has 1 atom stereocenters. The van der Waals surface area contributed by atoms with Crippen molar-refractivity contribution in [2.24, 2.45) is 0 Å². The zero-order chi connectivity index (χ0) is 22.1. The second-order valence-corrected chi connectivity index (χ2v) is 7.22. The molecule has 1 aromatic heterocycles. The first-order chi connectivity index (χ1) is 14.8. The highest BCUT2D eigenvalue weighted by Crippen LogP contribution is 2.39. The molecule has 1 aliphatic carbocycles. The molecule has 0 fully saturated rings. The number of carbonyl (C=O) groups is 2. The van der Waals surface area contributed by atoms with Gasteiger partial charge in [-0.25, -0.2) is 13.6 Å². The zero-order valence-corrected chi connectivity index (χ0v) is 16.8. The van der Waals surface area contributed by atoms with E-state index < -0.39 is 29.7 Å². The molecule has 0 saturated carbocycles. The second-order valence-electron chi connectivity index (χ2n) is 6.81. The highest BCUT2D eigenvalue weighted by molar-refractivity contribution is 6.31. The smallest absolute Gasteiger partial charge is 0.396 e. The van der Waals surface area contributed by atoms with Gasteiger partial charge in [-0.15, -0.1) is 5.10 Å². The van der Waals surface area contributed by atoms with Crippen LogP contribution in [0, 0.1) is 11.6 Å². The highest BCUT2D eigenvalue weighted by atomic mass is 35.5. The lowest BCUT2D eigenvalue weighted by Gasteiger charge is -2.24. The number of ether oxygens (including phenoxy) is 1. The molecule has 1 aliphatic rings. The largest absolute Gasteiger partial charge is 0.423 e. The van der Waals surface area contributed by atoms with Crippen LogP contribution in [0.1, 0.15) is 33.9 Å². The van der Waals surface area contributed by atoms with E-state index in [1.807, 2.05) is 0 Å². The maximum atomic E-state index is 14.7. The van der Waals surface area contributed by atoms with Gasteiger partial charge in [0.25, 0.3) is 5.91 Å². The summed E-state index contributed by atoms with van der Waals surface area (Å²) < 4.78 is 37.8. The van der Waals surface area contributed by atoms with Crippen molar-refractivity contribution >= 4 is 29.3 Å². The number of rotatable bonds is 4. The Labute approximate surface area is 179 Å². The van der Waals surface area contributed by atoms with Crippen molar-refractivity contribution in [2.45, 2.75) is 18.9 Å². The van der Waals surface area contributed by atoms with E-state index in [0.29, 0.717) is 24.1 Å². The molecule has 160 valence electrons. The van der Waals surface area contributed by atoms with Gasteiger partial charge < -0.3 is 19.4 Å². The summed E-state index contributed by atoms with van der Waals surface area (Å²) in [6.07, 6.45) is 0.614. The summed E-state index contributed by atoms with van der Waals surface area (Å²) in [5.74, 6) is -1.66. The first-order valence-electron chi connectivity index (χ1n) is 9.13. The lowest BCUT2D eigenvalue weighted by atomic mass is 10.0. The van der Waals surface area contributed by atoms with E-state index in [-0.39, 0.29) is 22.2 Å². The van der Waals surface area contributed by atoms with Crippen molar-refractivity contribution in [3.05, 3.63) is 70.1 Å². The van der Waals surface area contributed by atoms with Gasteiger partial charge in [-0.05, 0) is 48.7 Å². The van der Waals surface area contributed by atoms with E-state index in [9.17, 15) is 18.4 Å². The first kappa shape index (κ1) is 20.7. The Bertz CT molecular complexity index is 1160. The molecule has 1 N–H and O–H groups in total. The van der Waals surface area contributed by atoms with E-state index in [1.165, 1.54) is 36.2 Å². The van der Waals surface area contributed by atoms with E-state index in [1.54, 1.807) is 0 Å². The molecule has 0 spiro atoms. The van der Waals surface area contributed by atoms with Crippen LogP contribution in [-0.4, -0.2) is 34.1 Å². The van der Waals surface area contributed by atoms with Gasteiger partial charge in [-0.2, -0.15) is 0 Å². The van der Waals surface area contributed by atoms with Crippen molar-refractivity contribution in [2.75, 3.05) is 12.4 Å². The summed E-state index contributed by atoms with van der Waals surface area (Å²) in [6, 6.07) is 5.66. The number of halogens is 3. The minimum Gasteiger partial charge on any atom is -0.396 e. The molecule has 0 saturated heterocycles. The maximum absolute atomic E-state index is 14.7. The van der Waals surface area contributed by atoms with E-state index in [0.717, 1.165) is 12.5 Å². The summed E-state index contributed by atoms with van der Waals surface area (Å²) >= 11 is 5.75. The molecular formula is C20H15ClF2N4O4. The fourth-order valence-electron chi connectivity index (χ4n) is 3.54. The van der Waals surface area contributed by atoms with Crippen LogP contribution < -0.4 is 10.1 Å². The van der Waals surface area contributed by atoms with Crippen molar-refractivity contribution in [1.29, 1.82) is 0 Å². The number of anilines is 1. The number of fused-ring (bicyclic) bond motifs is 1. The third-order valence-electron chi connectivity index (χ3n) is 5.00. The molecule has 11 heteroatoms. The summed E-state index contributed by atoms with van der Waals surface area (Å²) in [6.45, 7) is 0. The van der Waals surface area contributed by atoms with E-state index in [2.05, 4.69) is 15.5 Å². The van der Waals surface area contributed by atoms with Gasteiger partial charge in [0.15, 0.2) is 0 Å². The Kier molecular flexibility index (Phi) is 5.55. The molecule has 2 aromatic carbocycles. The van der Waals surface area contributed by atoms with Crippen LogP contribution in [0.2, 0.25) is 5.02 Å². The molecule has 0 radical (unpaired) electrons. The number of nitrogens with one attached hydrogen (secondary N) is 1. The van der Waals surface area contributed by atoms with Crippen LogP contribution in [0.25, 0.3) is 0 Å². The van der Waals surface area contributed by atoms with Gasteiger partial charge in [-0.3, -0.25) is 4.79 Å². The lowest BCUT2D eigenvalue weighted by Crippen LogP contribution is -2.33. The maximum Gasteiger partial charge on any atom is 0.423 e. The van der Waals surface area contributed by atoms with Gasteiger partial charge in [0, 0.05) is 23.9 Å². The first-order valence-corrected chi connectivity index (χ1v) is 9.51. The van der Waals surface area contributed by atoms with Crippen LogP contribution in [-0.2, 0) is 6.42 Å². The lowest BCUT2D eigenvalue weighted by molar-refractivity contribution is 0.102. The van der Waals surface area contributed by atoms with Crippen molar-refractivity contribution in [3.8, 4) is 6.08 Å². The van der Waals surface area contributed by atoms with Crippen LogP contribution in [0.15, 0.2) is 41.1 Å². The molecular weight excluding hydrogens is 434 g/mol. The minimum absolute atomic E-state index is 0.136. The summed E-state index contributed by atoms with van der Waals surface area (Å²) in [7, 11) is 1.45. The fourth-order valence-corrected chi connectivity index (χ4v) is 3.73. The van der Waals surface area contributed by atoms with Crippen molar-refractivity contribution in [1.82, 2.24) is 15.1 Å². The second kappa shape index (κ2) is 8.31. The van der Waals surface area contributed by atoms with Gasteiger partial charge in [0.05, 0.1) is 11.1 Å². The molecule has 8 nitrogen and oxygen atoms in total. The molecule has 0 aliphatic heterocycles. The number of nitrogens with zero attached hydrogens (tertiary/aromatic N) is 3. The molecule has 31 heavy (non-hydrogen) atoms. The summed E-state index contributed by atoms with van der Waals surface area (Å²) in [5.41, 5.74) is 1.25. The minimum atomic E-state index is -0.808. The van der Waals surface area contributed by atoms with Crippen LogP contribution in [0.5, 0.6) is 6.08 Å². The molecule has 3 aromatic rings. The predicted octanol–water partition coefficient (Wildman–Crippen LogP) is 4.37. The van der Waals surface area contributed by atoms with Crippen LogP contribution >= 0.6 is 11.6 Å². The number of hydrogen-bond acceptors (Lipinski definition) is 6. The zero-order valence-electron chi connectivity index (χ0n) is 16.1. The summed E-state index contributed by atoms with van der Waals surface area (Å²) in [4.78, 5) is 26.4. The Hall–Kier alpha value is -3.53. The van der Waals surface area contributed by atoms with Gasteiger partial charge in [0.2, 0.25) is 6.39 Å². The Morgan fingerprint density at radius 1 is 1.26 bits per heavy atom. The Morgan fingerprint density at radius 3 is 2.74 bits per heavy atom. The fraction of sp³-hybridized carbons (Fsp3) is 0.200. The number of amides is 2. The average Bonchev–Trinajstić information content (AvgIpc) is 3.41. The molecule has 4 rings (SSSR count). The van der Waals surface area contributed by atoms with Gasteiger partial charge in [-0.1, -0.05) is 16.7 Å². The van der Waals surface area contributed by atoms with Crippen LogP contribution in [0.3, 0.4) is 0 Å². The predicted molar refractivity (Wildman–Crippen MR) is 105 cm³/mol.